The van der Waals surface area contributed by atoms with E-state index in [-0.39, 0.29) is 5.82 Å². The second kappa shape index (κ2) is 6.97. The number of hydrogen-bond donors (Lipinski definition) is 1. The first-order chi connectivity index (χ1) is 9.60. The quantitative estimate of drug-likeness (QED) is 0.900. The Morgan fingerprint density at radius 2 is 1.95 bits per heavy atom. The van der Waals surface area contributed by atoms with Crippen molar-refractivity contribution in [2.45, 2.75) is 45.1 Å². The highest BCUT2D eigenvalue weighted by atomic mass is 19.1. The molecular formula is C15H25FN4. The molecule has 0 amide bonds. The van der Waals surface area contributed by atoms with Crippen molar-refractivity contribution in [1.29, 1.82) is 0 Å². The highest BCUT2D eigenvalue weighted by Crippen LogP contribution is 2.27. The van der Waals surface area contributed by atoms with E-state index in [4.69, 9.17) is 0 Å². The molecule has 4 nitrogen and oxygen atoms in total. The number of anilines is 1. The molecule has 0 radical (unpaired) electrons. The van der Waals surface area contributed by atoms with Crippen LogP contribution in [0.4, 0.5) is 10.2 Å². The van der Waals surface area contributed by atoms with Crippen LogP contribution in [0.3, 0.4) is 0 Å². The summed E-state index contributed by atoms with van der Waals surface area (Å²) in [5, 5.41) is 3.26. The maximum atomic E-state index is 14.1. The van der Waals surface area contributed by atoms with E-state index in [1.165, 1.54) is 19.2 Å². The van der Waals surface area contributed by atoms with Gasteiger partial charge >= 0.3 is 0 Å². The summed E-state index contributed by atoms with van der Waals surface area (Å²) in [5.74, 6) is 0.850. The predicted molar refractivity (Wildman–Crippen MR) is 79.3 cm³/mol. The zero-order valence-electron chi connectivity index (χ0n) is 12.7. The third kappa shape index (κ3) is 3.88. The molecule has 1 aromatic rings. The van der Waals surface area contributed by atoms with Crippen molar-refractivity contribution in [3.63, 3.8) is 0 Å². The van der Waals surface area contributed by atoms with Gasteiger partial charge in [0.1, 0.15) is 6.33 Å². The summed E-state index contributed by atoms with van der Waals surface area (Å²) in [6, 6.07) is 0.336. The first-order valence-electron chi connectivity index (χ1n) is 7.50. The summed E-state index contributed by atoms with van der Waals surface area (Å²) in [5.41, 5.74) is 0.490. The zero-order valence-corrected chi connectivity index (χ0v) is 12.7. The maximum Gasteiger partial charge on any atom is 0.186 e. The van der Waals surface area contributed by atoms with Gasteiger partial charge in [-0.15, -0.1) is 0 Å². The van der Waals surface area contributed by atoms with Crippen LogP contribution in [0, 0.1) is 11.7 Å². The molecule has 0 atom stereocenters. The number of halogens is 1. The van der Waals surface area contributed by atoms with Crippen LogP contribution in [0.1, 0.15) is 38.3 Å². The Morgan fingerprint density at radius 1 is 1.25 bits per heavy atom. The van der Waals surface area contributed by atoms with Crippen molar-refractivity contribution in [3.05, 3.63) is 17.8 Å². The average molecular weight is 280 g/mol. The lowest BCUT2D eigenvalue weighted by molar-refractivity contribution is 0.255. The molecular weight excluding hydrogens is 255 g/mol. The van der Waals surface area contributed by atoms with Crippen molar-refractivity contribution in [2.24, 2.45) is 5.92 Å². The van der Waals surface area contributed by atoms with E-state index in [1.54, 1.807) is 0 Å². The fourth-order valence-electron chi connectivity index (χ4n) is 2.95. The van der Waals surface area contributed by atoms with Crippen LogP contribution >= 0.6 is 0 Å². The Hall–Kier alpha value is -1.23. The van der Waals surface area contributed by atoms with Crippen LogP contribution in [-0.2, 0) is 6.42 Å². The summed E-state index contributed by atoms with van der Waals surface area (Å²) in [6.07, 6.45) is 6.61. The van der Waals surface area contributed by atoms with Gasteiger partial charge in [-0.3, -0.25) is 0 Å². The third-order valence-electron chi connectivity index (χ3n) is 4.01. The van der Waals surface area contributed by atoms with Crippen molar-refractivity contribution in [1.82, 2.24) is 14.9 Å². The lowest BCUT2D eigenvalue weighted by Gasteiger charge is -2.31. The first kappa shape index (κ1) is 15.2. The van der Waals surface area contributed by atoms with Crippen molar-refractivity contribution >= 4 is 5.82 Å². The van der Waals surface area contributed by atoms with Gasteiger partial charge < -0.3 is 10.2 Å². The van der Waals surface area contributed by atoms with E-state index in [0.717, 1.165) is 25.3 Å². The number of aryl methyl sites for hydroxylation is 1. The highest BCUT2D eigenvalue weighted by molar-refractivity contribution is 5.38. The van der Waals surface area contributed by atoms with E-state index in [1.807, 2.05) is 6.92 Å². The van der Waals surface area contributed by atoms with Gasteiger partial charge in [0, 0.05) is 12.6 Å². The molecule has 1 aromatic heterocycles. The number of aromatic nitrogens is 2. The summed E-state index contributed by atoms with van der Waals surface area (Å²) in [4.78, 5) is 10.3. The number of rotatable bonds is 5. The molecule has 2 rings (SSSR count). The van der Waals surface area contributed by atoms with Crippen molar-refractivity contribution in [2.75, 3.05) is 26.0 Å². The molecule has 0 aliphatic heterocycles. The minimum atomic E-state index is -0.287. The number of nitrogens with one attached hydrogen (secondary N) is 1. The van der Waals surface area contributed by atoms with Gasteiger partial charge in [-0.25, -0.2) is 14.4 Å². The van der Waals surface area contributed by atoms with Crippen LogP contribution in [0.15, 0.2) is 6.33 Å². The molecule has 1 aliphatic rings. The molecule has 1 aliphatic carbocycles. The Kier molecular flexibility index (Phi) is 5.29. The van der Waals surface area contributed by atoms with Crippen molar-refractivity contribution < 1.29 is 4.39 Å². The average Bonchev–Trinajstić information content (AvgIpc) is 2.43. The summed E-state index contributed by atoms with van der Waals surface area (Å²) >= 11 is 0. The second-order valence-corrected chi connectivity index (χ2v) is 5.96. The molecule has 1 fully saturated rings. The van der Waals surface area contributed by atoms with E-state index in [0.29, 0.717) is 24.0 Å². The van der Waals surface area contributed by atoms with Crippen LogP contribution in [0.5, 0.6) is 0 Å². The zero-order chi connectivity index (χ0) is 14.5. The number of hydrogen-bond acceptors (Lipinski definition) is 4. The molecule has 0 aromatic carbocycles. The van der Waals surface area contributed by atoms with E-state index < -0.39 is 0 Å². The van der Waals surface area contributed by atoms with Crippen molar-refractivity contribution in [3.8, 4) is 0 Å². The van der Waals surface area contributed by atoms with Gasteiger partial charge in [-0.05, 0) is 52.1 Å². The van der Waals surface area contributed by atoms with Crippen LogP contribution in [-0.4, -0.2) is 41.5 Å². The molecule has 0 unspecified atom stereocenters. The van der Waals surface area contributed by atoms with Gasteiger partial charge in [0.05, 0.1) is 5.69 Å². The minimum Gasteiger partial charge on any atom is -0.365 e. The van der Waals surface area contributed by atoms with Gasteiger partial charge in [0.15, 0.2) is 11.6 Å². The van der Waals surface area contributed by atoms with E-state index >= 15 is 0 Å². The van der Waals surface area contributed by atoms with Gasteiger partial charge in [0.25, 0.3) is 0 Å². The normalized spacial score (nSPS) is 23.1. The lowest BCUT2D eigenvalue weighted by atomic mass is 9.86. The summed E-state index contributed by atoms with van der Waals surface area (Å²) in [6.45, 7) is 3.05. The molecule has 1 saturated carbocycles. The van der Waals surface area contributed by atoms with Gasteiger partial charge in [-0.2, -0.15) is 0 Å². The smallest absolute Gasteiger partial charge is 0.186 e. The molecule has 1 heterocycles. The Labute approximate surface area is 120 Å². The SMILES string of the molecule is CCc1ncnc(NC2CCC(CN(C)C)CC2)c1F. The minimum absolute atomic E-state index is 0.287. The fraction of sp³-hybridized carbons (Fsp3) is 0.733. The van der Waals surface area contributed by atoms with E-state index in [9.17, 15) is 4.39 Å². The number of nitrogens with zero attached hydrogens (tertiary/aromatic N) is 3. The highest BCUT2D eigenvalue weighted by Gasteiger charge is 2.23. The standard InChI is InChI=1S/C15H25FN4/c1-4-13-14(16)15(18-10-17-13)19-12-7-5-11(6-8-12)9-20(2)3/h10-12H,4-9H2,1-3H3,(H,17,18,19). The monoisotopic (exact) mass is 280 g/mol. The Balaban J connectivity index is 1.90. The van der Waals surface area contributed by atoms with Gasteiger partial charge in [0.2, 0.25) is 0 Å². The van der Waals surface area contributed by atoms with Crippen LogP contribution < -0.4 is 5.32 Å². The van der Waals surface area contributed by atoms with Gasteiger partial charge in [-0.1, -0.05) is 6.92 Å². The molecule has 0 saturated heterocycles. The molecule has 112 valence electrons. The summed E-state index contributed by atoms with van der Waals surface area (Å²) < 4.78 is 14.1. The second-order valence-electron chi connectivity index (χ2n) is 5.96. The Morgan fingerprint density at radius 3 is 2.55 bits per heavy atom. The molecule has 5 heteroatoms. The fourth-order valence-corrected chi connectivity index (χ4v) is 2.95. The molecule has 20 heavy (non-hydrogen) atoms. The molecule has 0 bridgehead atoms. The maximum absolute atomic E-state index is 14.1. The Bertz CT molecular complexity index is 428. The molecule has 0 spiro atoms. The summed E-state index contributed by atoms with van der Waals surface area (Å²) in [7, 11) is 4.24. The van der Waals surface area contributed by atoms with Crippen LogP contribution in [0.25, 0.3) is 0 Å². The third-order valence-corrected chi connectivity index (χ3v) is 4.01. The molecule has 1 N–H and O–H groups in total. The topological polar surface area (TPSA) is 41.1 Å². The largest absolute Gasteiger partial charge is 0.365 e. The van der Waals surface area contributed by atoms with E-state index in [2.05, 4.69) is 34.3 Å². The first-order valence-corrected chi connectivity index (χ1v) is 7.50. The van der Waals surface area contributed by atoms with Crippen LogP contribution in [0.2, 0.25) is 0 Å². The lowest BCUT2D eigenvalue weighted by Crippen LogP contribution is -2.31. The predicted octanol–water partition coefficient (Wildman–Crippen LogP) is 2.71.